The van der Waals surface area contributed by atoms with E-state index in [1.165, 1.54) is 18.5 Å². The summed E-state index contributed by atoms with van der Waals surface area (Å²) >= 11 is 0. The highest BCUT2D eigenvalue weighted by molar-refractivity contribution is 5.77. The second-order valence-corrected chi connectivity index (χ2v) is 6.68. The van der Waals surface area contributed by atoms with Crippen LogP contribution in [0, 0.1) is 0 Å². The average Bonchev–Trinajstić information content (AvgIpc) is 3.10. The SMILES string of the molecule is O=C(COc1ccccc1)NCc1nc2c(n1-c1ccccc1)CCCC2. The van der Waals surface area contributed by atoms with Gasteiger partial charge in [0.05, 0.1) is 12.2 Å². The van der Waals surface area contributed by atoms with Crippen molar-refractivity contribution in [2.24, 2.45) is 0 Å². The van der Waals surface area contributed by atoms with E-state index >= 15 is 0 Å². The molecule has 0 saturated carbocycles. The highest BCUT2D eigenvalue weighted by Crippen LogP contribution is 2.25. The lowest BCUT2D eigenvalue weighted by molar-refractivity contribution is -0.123. The summed E-state index contributed by atoms with van der Waals surface area (Å²) in [6, 6.07) is 19.6. The fraction of sp³-hybridized carbons (Fsp3) is 0.273. The number of hydrogen-bond acceptors (Lipinski definition) is 3. The van der Waals surface area contributed by atoms with Gasteiger partial charge < -0.3 is 10.1 Å². The van der Waals surface area contributed by atoms with Crippen LogP contribution in [-0.2, 0) is 24.2 Å². The Labute approximate surface area is 159 Å². The minimum absolute atomic E-state index is 0.00419. The number of nitrogens with one attached hydrogen (secondary N) is 1. The van der Waals surface area contributed by atoms with Crippen LogP contribution < -0.4 is 10.1 Å². The summed E-state index contributed by atoms with van der Waals surface area (Å²) in [6.07, 6.45) is 4.40. The van der Waals surface area contributed by atoms with Crippen molar-refractivity contribution in [2.75, 3.05) is 6.61 Å². The summed E-state index contributed by atoms with van der Waals surface area (Å²) in [6.45, 7) is 0.384. The van der Waals surface area contributed by atoms with Gasteiger partial charge >= 0.3 is 0 Å². The molecule has 3 aromatic rings. The van der Waals surface area contributed by atoms with Crippen LogP contribution in [0.4, 0.5) is 0 Å². The Bertz CT molecular complexity index is 904. The number of amides is 1. The number of para-hydroxylation sites is 2. The molecule has 1 aliphatic rings. The highest BCUT2D eigenvalue weighted by atomic mass is 16.5. The lowest BCUT2D eigenvalue weighted by atomic mass is 10.0. The third kappa shape index (κ3) is 4.03. The van der Waals surface area contributed by atoms with Crippen LogP contribution in [0.5, 0.6) is 5.75 Å². The van der Waals surface area contributed by atoms with Crippen molar-refractivity contribution in [1.82, 2.24) is 14.9 Å². The van der Waals surface area contributed by atoms with Crippen molar-refractivity contribution in [2.45, 2.75) is 32.2 Å². The van der Waals surface area contributed by atoms with Crippen LogP contribution in [0.25, 0.3) is 5.69 Å². The number of rotatable bonds is 6. The summed E-state index contributed by atoms with van der Waals surface area (Å²) in [5.74, 6) is 1.41. The summed E-state index contributed by atoms with van der Waals surface area (Å²) < 4.78 is 7.71. The molecule has 4 rings (SSSR count). The number of hydrogen-bond donors (Lipinski definition) is 1. The zero-order valence-corrected chi connectivity index (χ0v) is 15.2. The number of imidazole rings is 1. The van der Waals surface area contributed by atoms with E-state index in [0.717, 1.165) is 30.0 Å². The van der Waals surface area contributed by atoms with E-state index in [1.807, 2.05) is 48.5 Å². The number of benzene rings is 2. The molecular weight excluding hydrogens is 338 g/mol. The third-order valence-electron chi connectivity index (χ3n) is 4.77. The van der Waals surface area contributed by atoms with E-state index < -0.39 is 0 Å². The van der Waals surface area contributed by atoms with Gasteiger partial charge in [0.1, 0.15) is 11.6 Å². The van der Waals surface area contributed by atoms with Gasteiger partial charge in [0, 0.05) is 11.4 Å². The van der Waals surface area contributed by atoms with Crippen LogP contribution in [0.15, 0.2) is 60.7 Å². The number of ether oxygens (including phenoxy) is 1. The van der Waals surface area contributed by atoms with Gasteiger partial charge in [-0.1, -0.05) is 36.4 Å². The van der Waals surface area contributed by atoms with E-state index in [4.69, 9.17) is 9.72 Å². The Kier molecular flexibility index (Phi) is 5.19. The molecule has 0 unspecified atom stereocenters. The van der Waals surface area contributed by atoms with Crippen molar-refractivity contribution in [3.05, 3.63) is 77.9 Å². The van der Waals surface area contributed by atoms with Gasteiger partial charge in [-0.25, -0.2) is 4.98 Å². The molecule has 1 amide bonds. The van der Waals surface area contributed by atoms with E-state index in [1.54, 1.807) is 0 Å². The molecule has 0 aliphatic heterocycles. The van der Waals surface area contributed by atoms with E-state index in [-0.39, 0.29) is 12.5 Å². The Hall–Kier alpha value is -3.08. The largest absolute Gasteiger partial charge is 0.484 e. The maximum atomic E-state index is 12.2. The van der Waals surface area contributed by atoms with Gasteiger partial charge in [-0.15, -0.1) is 0 Å². The minimum atomic E-state index is -0.153. The van der Waals surface area contributed by atoms with E-state index in [2.05, 4.69) is 22.0 Å². The second kappa shape index (κ2) is 8.08. The monoisotopic (exact) mass is 361 g/mol. The standard InChI is InChI=1S/C22H23N3O2/c26-22(16-27-18-11-5-2-6-12-18)23-15-21-24-19-13-7-8-14-20(19)25(21)17-9-3-1-4-10-17/h1-6,9-12H,7-8,13-16H2,(H,23,26). The molecule has 0 radical (unpaired) electrons. The number of aryl methyl sites for hydroxylation is 1. The van der Waals surface area contributed by atoms with Crippen LogP contribution in [-0.4, -0.2) is 22.1 Å². The van der Waals surface area contributed by atoms with Crippen LogP contribution in [0.3, 0.4) is 0 Å². The zero-order valence-electron chi connectivity index (χ0n) is 15.2. The highest BCUT2D eigenvalue weighted by Gasteiger charge is 2.21. The van der Waals surface area contributed by atoms with Gasteiger partial charge in [0.25, 0.3) is 5.91 Å². The molecule has 1 heterocycles. The number of nitrogens with zero attached hydrogens (tertiary/aromatic N) is 2. The van der Waals surface area contributed by atoms with Crippen LogP contribution >= 0.6 is 0 Å². The topological polar surface area (TPSA) is 56.1 Å². The maximum Gasteiger partial charge on any atom is 0.258 e. The second-order valence-electron chi connectivity index (χ2n) is 6.68. The van der Waals surface area contributed by atoms with E-state index in [0.29, 0.717) is 12.3 Å². The zero-order chi connectivity index (χ0) is 18.5. The molecule has 0 bridgehead atoms. The first-order valence-electron chi connectivity index (χ1n) is 9.40. The molecule has 0 spiro atoms. The lowest BCUT2D eigenvalue weighted by Gasteiger charge is -2.15. The summed E-state index contributed by atoms with van der Waals surface area (Å²) in [7, 11) is 0. The van der Waals surface area contributed by atoms with Gasteiger partial charge in [0.15, 0.2) is 6.61 Å². The van der Waals surface area contributed by atoms with Crippen LogP contribution in [0.2, 0.25) is 0 Å². The minimum Gasteiger partial charge on any atom is -0.484 e. The first kappa shape index (κ1) is 17.3. The summed E-state index contributed by atoms with van der Waals surface area (Å²) in [4.78, 5) is 17.0. The number of carbonyl (C=O) groups excluding carboxylic acids is 1. The Morgan fingerprint density at radius 2 is 1.70 bits per heavy atom. The molecular formula is C22H23N3O2. The van der Waals surface area contributed by atoms with E-state index in [9.17, 15) is 4.79 Å². The molecule has 5 heteroatoms. The molecule has 5 nitrogen and oxygen atoms in total. The van der Waals surface area contributed by atoms with Crippen LogP contribution in [0.1, 0.15) is 30.1 Å². The molecule has 1 aromatic heterocycles. The van der Waals surface area contributed by atoms with Gasteiger partial charge in [-0.3, -0.25) is 9.36 Å². The smallest absolute Gasteiger partial charge is 0.258 e. The number of carbonyl (C=O) groups is 1. The summed E-state index contributed by atoms with van der Waals surface area (Å²) in [5.41, 5.74) is 3.53. The molecule has 1 aliphatic carbocycles. The molecule has 0 atom stereocenters. The third-order valence-corrected chi connectivity index (χ3v) is 4.77. The fourth-order valence-electron chi connectivity index (χ4n) is 3.49. The number of aromatic nitrogens is 2. The van der Waals surface area contributed by atoms with Gasteiger partial charge in [-0.2, -0.15) is 0 Å². The first-order valence-corrected chi connectivity index (χ1v) is 9.40. The molecule has 1 N–H and O–H groups in total. The predicted molar refractivity (Wildman–Crippen MR) is 104 cm³/mol. The molecule has 2 aromatic carbocycles. The maximum absolute atomic E-state index is 12.2. The van der Waals surface area contributed by atoms with Crippen molar-refractivity contribution in [3.8, 4) is 11.4 Å². The Morgan fingerprint density at radius 1 is 1.00 bits per heavy atom. The fourth-order valence-corrected chi connectivity index (χ4v) is 3.49. The average molecular weight is 361 g/mol. The summed E-state index contributed by atoms with van der Waals surface area (Å²) in [5, 5.41) is 2.94. The predicted octanol–water partition coefficient (Wildman–Crippen LogP) is 3.45. The molecule has 0 fully saturated rings. The normalized spacial score (nSPS) is 13.0. The van der Waals surface area contributed by atoms with Gasteiger partial charge in [0.2, 0.25) is 0 Å². The number of fused-ring (bicyclic) bond motifs is 1. The van der Waals surface area contributed by atoms with Crippen molar-refractivity contribution in [3.63, 3.8) is 0 Å². The molecule has 0 saturated heterocycles. The van der Waals surface area contributed by atoms with Crippen molar-refractivity contribution < 1.29 is 9.53 Å². The van der Waals surface area contributed by atoms with Gasteiger partial charge in [-0.05, 0) is 49.9 Å². The van der Waals surface area contributed by atoms with Crippen molar-refractivity contribution in [1.29, 1.82) is 0 Å². The first-order chi connectivity index (χ1) is 13.3. The molecule has 27 heavy (non-hydrogen) atoms. The molecule has 138 valence electrons. The van der Waals surface area contributed by atoms with Crippen molar-refractivity contribution >= 4 is 5.91 Å². The quantitative estimate of drug-likeness (QED) is 0.732. The Balaban J connectivity index is 1.47. The lowest BCUT2D eigenvalue weighted by Crippen LogP contribution is -2.29. The Morgan fingerprint density at radius 3 is 2.48 bits per heavy atom.